The number of aromatic nitrogens is 4. The van der Waals surface area contributed by atoms with E-state index in [4.69, 9.17) is 33.1 Å². The van der Waals surface area contributed by atoms with Crippen molar-refractivity contribution in [1.82, 2.24) is 19.9 Å². The lowest BCUT2D eigenvalue weighted by Gasteiger charge is -2.13. The standard InChI is InChI=1S/C38H18N8/c1-41-29-15-11-27(12-16-29)37-38(28-13-17-30(42-2)18-14-28)46-34-20-32-31(19-33(34)45-37)43-35(25-7-3-23(21-39)4-8-25)36(44-32)26-9-5-24(22-40)6-10-26/h3-20H. The highest BCUT2D eigenvalue weighted by Crippen LogP contribution is 2.36. The van der Waals surface area contributed by atoms with Gasteiger partial charge in [-0.05, 0) is 47.5 Å². The lowest BCUT2D eigenvalue weighted by atomic mass is 10.0. The minimum absolute atomic E-state index is 0.523. The normalized spacial score (nSPS) is 10.5. The van der Waals surface area contributed by atoms with E-state index in [1.807, 2.05) is 60.7 Å². The Bertz CT molecular complexity index is 2120. The molecule has 2 aromatic heterocycles. The predicted octanol–water partition coefficient (Wildman–Crippen LogP) is 9.09. The number of nitriles is 2. The Morgan fingerprint density at radius 2 is 0.674 bits per heavy atom. The van der Waals surface area contributed by atoms with E-state index in [-0.39, 0.29) is 0 Å². The Labute approximate surface area is 263 Å². The number of hydrogen-bond acceptors (Lipinski definition) is 6. The molecule has 5 aromatic carbocycles. The number of benzene rings is 5. The molecule has 0 aliphatic rings. The van der Waals surface area contributed by atoms with E-state index in [1.165, 1.54) is 0 Å². The van der Waals surface area contributed by atoms with Crippen LogP contribution in [-0.4, -0.2) is 19.9 Å². The van der Waals surface area contributed by atoms with E-state index in [1.54, 1.807) is 48.5 Å². The summed E-state index contributed by atoms with van der Waals surface area (Å²) in [5, 5.41) is 18.7. The average molecular weight is 587 g/mol. The van der Waals surface area contributed by atoms with Crippen LogP contribution in [0.3, 0.4) is 0 Å². The van der Waals surface area contributed by atoms with Crippen LogP contribution in [0.15, 0.2) is 109 Å². The Morgan fingerprint density at radius 3 is 0.913 bits per heavy atom. The minimum atomic E-state index is 0.523. The van der Waals surface area contributed by atoms with Crippen molar-refractivity contribution >= 4 is 33.4 Å². The summed E-state index contributed by atoms with van der Waals surface area (Å²) in [4.78, 5) is 27.3. The maximum absolute atomic E-state index is 9.33. The molecule has 0 aliphatic carbocycles. The van der Waals surface area contributed by atoms with Gasteiger partial charge in [0.2, 0.25) is 0 Å². The quantitative estimate of drug-likeness (QED) is 0.150. The third-order valence-electron chi connectivity index (χ3n) is 7.56. The molecule has 0 radical (unpaired) electrons. The van der Waals surface area contributed by atoms with Gasteiger partial charge in [-0.2, -0.15) is 10.5 Å². The zero-order chi connectivity index (χ0) is 31.6. The van der Waals surface area contributed by atoms with Gasteiger partial charge in [0, 0.05) is 11.1 Å². The van der Waals surface area contributed by atoms with Crippen LogP contribution in [-0.2, 0) is 0 Å². The van der Waals surface area contributed by atoms with Crippen LogP contribution >= 0.6 is 0 Å². The second-order valence-electron chi connectivity index (χ2n) is 10.4. The SMILES string of the molecule is [C-]#[N+]c1ccc(-c2nc3cc4nc(-c5ccc(C#N)cc5)c(-c5ccc(C#N)cc5)nc4cc3nc2-c2ccc([N+]#[C-])cc2)cc1. The molecular formula is C38H18N8. The molecule has 0 fully saturated rings. The van der Waals surface area contributed by atoms with E-state index < -0.39 is 0 Å². The summed E-state index contributed by atoms with van der Waals surface area (Å²) in [7, 11) is 0. The molecule has 0 saturated carbocycles. The van der Waals surface area contributed by atoms with Crippen LogP contribution in [0.4, 0.5) is 11.4 Å². The fourth-order valence-electron chi connectivity index (χ4n) is 5.20. The molecule has 0 amide bonds. The fourth-order valence-corrected chi connectivity index (χ4v) is 5.20. The average Bonchev–Trinajstić information content (AvgIpc) is 3.13. The molecule has 2 heterocycles. The molecule has 0 aliphatic heterocycles. The molecular weight excluding hydrogens is 568 g/mol. The van der Waals surface area contributed by atoms with Crippen LogP contribution < -0.4 is 0 Å². The van der Waals surface area contributed by atoms with E-state index in [0.717, 1.165) is 22.3 Å². The third-order valence-corrected chi connectivity index (χ3v) is 7.56. The van der Waals surface area contributed by atoms with Gasteiger partial charge in [-0.3, -0.25) is 0 Å². The smallest absolute Gasteiger partial charge is 0.187 e. The van der Waals surface area contributed by atoms with Crippen LogP contribution in [0.2, 0.25) is 0 Å². The van der Waals surface area contributed by atoms with Crippen molar-refractivity contribution in [3.63, 3.8) is 0 Å². The highest BCUT2D eigenvalue weighted by molar-refractivity contribution is 5.96. The van der Waals surface area contributed by atoms with Crippen LogP contribution in [0.5, 0.6) is 0 Å². The van der Waals surface area contributed by atoms with Gasteiger partial charge in [-0.25, -0.2) is 29.6 Å². The molecule has 0 saturated heterocycles. The van der Waals surface area contributed by atoms with Gasteiger partial charge in [-0.1, -0.05) is 72.8 Å². The number of rotatable bonds is 4. The van der Waals surface area contributed by atoms with Gasteiger partial charge >= 0.3 is 0 Å². The molecule has 7 aromatic rings. The summed E-state index contributed by atoms with van der Waals surface area (Å²) in [5.74, 6) is 0. The number of hydrogen-bond donors (Lipinski definition) is 0. The summed E-state index contributed by atoms with van der Waals surface area (Å²) in [6.45, 7) is 14.7. The van der Waals surface area contributed by atoms with Crippen molar-refractivity contribution < 1.29 is 0 Å². The summed E-state index contributed by atoms with van der Waals surface area (Å²) in [6.07, 6.45) is 0. The Balaban J connectivity index is 1.48. The second kappa shape index (κ2) is 11.4. The van der Waals surface area contributed by atoms with E-state index in [0.29, 0.717) is 67.3 Å². The summed E-state index contributed by atoms with van der Waals surface area (Å²) in [6, 6.07) is 36.8. The zero-order valence-corrected chi connectivity index (χ0v) is 24.0. The molecule has 8 nitrogen and oxygen atoms in total. The van der Waals surface area contributed by atoms with E-state index in [9.17, 15) is 10.5 Å². The highest BCUT2D eigenvalue weighted by atomic mass is 14.9. The maximum Gasteiger partial charge on any atom is 0.187 e. The van der Waals surface area contributed by atoms with Crippen LogP contribution in [0, 0.1) is 35.8 Å². The van der Waals surface area contributed by atoms with E-state index >= 15 is 0 Å². The first-order valence-corrected chi connectivity index (χ1v) is 14.1. The summed E-state index contributed by atoms with van der Waals surface area (Å²) < 4.78 is 0. The third kappa shape index (κ3) is 5.01. The van der Waals surface area contributed by atoms with Gasteiger partial charge < -0.3 is 0 Å². The van der Waals surface area contributed by atoms with Crippen molar-refractivity contribution in [2.45, 2.75) is 0 Å². The lowest BCUT2D eigenvalue weighted by Crippen LogP contribution is -1.99. The van der Waals surface area contributed by atoms with Crippen molar-refractivity contribution in [1.29, 1.82) is 10.5 Å². The van der Waals surface area contributed by atoms with Crippen molar-refractivity contribution in [3.8, 4) is 57.2 Å². The first-order chi connectivity index (χ1) is 22.6. The van der Waals surface area contributed by atoms with Crippen LogP contribution in [0.1, 0.15) is 11.1 Å². The van der Waals surface area contributed by atoms with Crippen molar-refractivity contribution in [2.75, 3.05) is 0 Å². The fraction of sp³-hybridized carbons (Fsp3) is 0. The summed E-state index contributed by atoms with van der Waals surface area (Å²) in [5.41, 5.74) is 10.3. The molecule has 0 unspecified atom stereocenters. The predicted molar refractivity (Wildman–Crippen MR) is 176 cm³/mol. The number of nitrogens with zero attached hydrogens (tertiary/aromatic N) is 8. The summed E-state index contributed by atoms with van der Waals surface area (Å²) >= 11 is 0. The van der Waals surface area contributed by atoms with Gasteiger partial charge in [0.1, 0.15) is 0 Å². The largest absolute Gasteiger partial charge is 0.244 e. The molecule has 0 spiro atoms. The molecule has 8 heteroatoms. The Morgan fingerprint density at radius 1 is 0.413 bits per heavy atom. The Hall–Kier alpha value is -7.26. The van der Waals surface area contributed by atoms with Gasteiger partial charge in [0.15, 0.2) is 11.4 Å². The first kappa shape index (κ1) is 27.6. The molecule has 0 N–H and O–H groups in total. The van der Waals surface area contributed by atoms with Gasteiger partial charge in [-0.15, -0.1) is 0 Å². The molecule has 210 valence electrons. The van der Waals surface area contributed by atoms with Crippen molar-refractivity contribution in [3.05, 3.63) is 143 Å². The van der Waals surface area contributed by atoms with Crippen molar-refractivity contribution in [2.24, 2.45) is 0 Å². The molecule has 0 bridgehead atoms. The van der Waals surface area contributed by atoms with Gasteiger partial charge in [0.25, 0.3) is 0 Å². The minimum Gasteiger partial charge on any atom is -0.244 e. The monoisotopic (exact) mass is 586 g/mol. The lowest BCUT2D eigenvalue weighted by molar-refractivity contribution is 1.27. The molecule has 7 rings (SSSR count). The van der Waals surface area contributed by atoms with Gasteiger partial charge in [0.05, 0.1) is 81.3 Å². The first-order valence-electron chi connectivity index (χ1n) is 14.1. The second-order valence-corrected chi connectivity index (χ2v) is 10.4. The van der Waals surface area contributed by atoms with E-state index in [2.05, 4.69) is 21.8 Å². The molecule has 0 atom stereocenters. The molecule has 46 heavy (non-hydrogen) atoms. The van der Waals surface area contributed by atoms with Crippen LogP contribution in [0.25, 0.3) is 76.8 Å². The Kier molecular flexibility index (Phi) is 6.85. The maximum atomic E-state index is 9.33. The highest BCUT2D eigenvalue weighted by Gasteiger charge is 2.18. The zero-order valence-electron chi connectivity index (χ0n) is 24.0. The number of fused-ring (bicyclic) bond motifs is 2. The topological polar surface area (TPSA) is 108 Å².